The van der Waals surface area contributed by atoms with E-state index in [0.29, 0.717) is 0 Å². The Balaban J connectivity index is 0.00000235. The fraction of sp³-hybridized carbons (Fsp3) is 0.154. The van der Waals surface area contributed by atoms with Crippen LogP contribution in [-0.2, 0) is 20.4 Å². The van der Waals surface area contributed by atoms with Crippen molar-refractivity contribution in [3.63, 3.8) is 0 Å². The van der Waals surface area contributed by atoms with Crippen LogP contribution in [0, 0.1) is 0 Å². The van der Waals surface area contributed by atoms with E-state index in [0.717, 1.165) is 0 Å². The second kappa shape index (κ2) is 20.6. The normalized spacial score (nSPS) is 10.9. The Morgan fingerprint density at radius 3 is 0.787 bits per heavy atom. The molecule has 61 heavy (non-hydrogen) atoms. The summed E-state index contributed by atoms with van der Waals surface area (Å²) in [7, 11) is 14.9. The van der Waals surface area contributed by atoms with Gasteiger partial charge in [-0.25, -0.2) is 0 Å². The maximum atomic E-state index is 2.44. The van der Waals surface area contributed by atoms with Gasteiger partial charge < -0.3 is 44.4 Å². The Morgan fingerprint density at radius 1 is 0.295 bits per heavy atom. The van der Waals surface area contributed by atoms with Gasteiger partial charge in [0.2, 0.25) is 0 Å². The summed E-state index contributed by atoms with van der Waals surface area (Å²) in [5.74, 6) is 0. The van der Waals surface area contributed by atoms with E-state index in [4.69, 9.17) is 0 Å². The molecule has 0 heterocycles. The Hall–Kier alpha value is -4.42. The Morgan fingerprint density at radius 2 is 0.541 bits per heavy atom. The predicted molar refractivity (Wildman–Crippen MR) is 262 cm³/mol. The molecule has 0 saturated heterocycles. The third-order valence-electron chi connectivity index (χ3n) is 11.0. The molecule has 0 N–H and O–H groups in total. The van der Waals surface area contributed by atoms with Crippen molar-refractivity contribution in [1.82, 2.24) is 0 Å². The Kier molecular flexibility index (Phi) is 16.1. The van der Waals surface area contributed by atoms with Crippen LogP contribution in [0.4, 0.5) is 22.7 Å². The first-order valence-electron chi connectivity index (χ1n) is 19.8. The number of fused-ring (bicyclic) bond motifs is 2. The van der Waals surface area contributed by atoms with Crippen molar-refractivity contribution >= 4 is 92.0 Å². The Bertz CT molecular complexity index is 2400. The van der Waals surface area contributed by atoms with Crippen LogP contribution in [0.1, 0.15) is 0 Å². The van der Waals surface area contributed by atoms with E-state index in [-0.39, 0.29) is 45.2 Å². The standard InChI is InChI=1S/C52H52N4P2.2ClH.Pd/c1-53(2)39-19-27-43(28-20-39)57(44-29-21-40(22-30-44)54(3)4)49-35-17-37-13-9-11-15-47(37)51(49)52-48-16-12-10-14-38(48)18-36-50(52)58(45-31-23-41(24-32-45)55(5)6)46-33-25-42(26-34-46)56(7)8;;;/h9-36H,1-8H3;2*1H;/q;;;+2/p-2. The minimum Gasteiger partial charge on any atom is -1.00 e. The molecule has 8 rings (SSSR count). The van der Waals surface area contributed by atoms with Gasteiger partial charge in [0.05, 0.1) is 0 Å². The summed E-state index contributed by atoms with van der Waals surface area (Å²) in [6, 6.07) is 64.6. The fourth-order valence-corrected chi connectivity index (χ4v) is 12.7. The quantitative estimate of drug-likeness (QED) is 0.146. The smallest absolute Gasteiger partial charge is 1.00 e. The minimum absolute atomic E-state index is 0. The van der Waals surface area contributed by atoms with Crippen LogP contribution in [0.3, 0.4) is 0 Å². The van der Waals surface area contributed by atoms with Gasteiger partial charge in [-0.05, 0) is 129 Å². The van der Waals surface area contributed by atoms with Crippen LogP contribution in [0.2, 0.25) is 0 Å². The van der Waals surface area contributed by atoms with E-state index in [1.807, 2.05) is 0 Å². The molecule has 0 spiro atoms. The first-order valence-corrected chi connectivity index (χ1v) is 22.5. The topological polar surface area (TPSA) is 13.0 Å². The van der Waals surface area contributed by atoms with Gasteiger partial charge in [-0.2, -0.15) is 0 Å². The summed E-state index contributed by atoms with van der Waals surface area (Å²) < 4.78 is 0. The van der Waals surface area contributed by atoms with Crippen LogP contribution in [0.5, 0.6) is 0 Å². The van der Waals surface area contributed by atoms with Crippen molar-refractivity contribution in [2.75, 3.05) is 76.0 Å². The third-order valence-corrected chi connectivity index (χ3v) is 16.0. The zero-order valence-electron chi connectivity index (χ0n) is 35.9. The summed E-state index contributed by atoms with van der Waals surface area (Å²) in [5, 5.41) is 13.1. The van der Waals surface area contributed by atoms with E-state index in [1.165, 1.54) is 87.2 Å². The van der Waals surface area contributed by atoms with Crippen molar-refractivity contribution < 1.29 is 45.2 Å². The van der Waals surface area contributed by atoms with Gasteiger partial charge in [-0.15, -0.1) is 0 Å². The molecular formula is C52H52Cl2N4P2Pd. The molecule has 0 aliphatic rings. The number of benzene rings is 8. The minimum atomic E-state index is -0.987. The Labute approximate surface area is 391 Å². The zero-order valence-corrected chi connectivity index (χ0v) is 40.8. The number of hydrogen-bond acceptors (Lipinski definition) is 4. The van der Waals surface area contributed by atoms with Gasteiger partial charge in [0, 0.05) is 79.1 Å². The van der Waals surface area contributed by atoms with Crippen LogP contribution in [0.25, 0.3) is 32.7 Å². The molecular weight excluding hydrogens is 920 g/mol. The van der Waals surface area contributed by atoms with E-state index >= 15 is 0 Å². The molecule has 9 heteroatoms. The third kappa shape index (κ3) is 9.80. The molecule has 0 bridgehead atoms. The van der Waals surface area contributed by atoms with E-state index in [2.05, 4.69) is 246 Å². The molecule has 0 fully saturated rings. The second-order valence-corrected chi connectivity index (χ2v) is 20.0. The number of anilines is 4. The molecule has 8 aromatic carbocycles. The van der Waals surface area contributed by atoms with Crippen LogP contribution in [0.15, 0.2) is 170 Å². The fourth-order valence-electron chi connectivity index (χ4n) is 7.87. The molecule has 8 aromatic rings. The number of halogens is 2. The van der Waals surface area contributed by atoms with Gasteiger partial charge in [0.15, 0.2) is 0 Å². The molecule has 0 amide bonds. The first-order chi connectivity index (χ1) is 28.1. The summed E-state index contributed by atoms with van der Waals surface area (Å²) in [6.45, 7) is 0. The second-order valence-electron chi connectivity index (χ2n) is 15.7. The molecule has 0 aromatic heterocycles. The van der Waals surface area contributed by atoms with Gasteiger partial charge in [0.25, 0.3) is 0 Å². The summed E-state index contributed by atoms with van der Waals surface area (Å²) in [4.78, 5) is 8.72. The molecule has 0 radical (unpaired) electrons. The average molecular weight is 972 g/mol. The number of rotatable bonds is 11. The molecule has 0 unspecified atom stereocenters. The zero-order chi connectivity index (χ0) is 40.5. The SMILES string of the molecule is CN(C)c1ccc(P(c2ccc(N(C)C)cc2)c2ccc3ccccc3c2-c2c(P(c3ccc(N(C)C)cc3)c3ccc(N(C)C)cc3)ccc3ccccc23)cc1.[Cl-].[Cl-].[Pd+2]. The van der Waals surface area contributed by atoms with Crippen LogP contribution >= 0.6 is 15.8 Å². The van der Waals surface area contributed by atoms with Crippen molar-refractivity contribution in [3.05, 3.63) is 170 Å². The molecule has 0 atom stereocenters. The average Bonchev–Trinajstić information content (AvgIpc) is 3.24. The van der Waals surface area contributed by atoms with Crippen molar-refractivity contribution in [2.45, 2.75) is 0 Å². The maximum Gasteiger partial charge on any atom is 2.00 e. The molecule has 0 saturated carbocycles. The number of hydrogen-bond donors (Lipinski definition) is 0. The molecule has 4 nitrogen and oxygen atoms in total. The van der Waals surface area contributed by atoms with Gasteiger partial charge in [-0.1, -0.05) is 121 Å². The van der Waals surface area contributed by atoms with E-state index in [1.54, 1.807) is 0 Å². The van der Waals surface area contributed by atoms with Gasteiger partial charge >= 0.3 is 20.4 Å². The molecule has 314 valence electrons. The predicted octanol–water partition coefficient (Wildman–Crippen LogP) is 3.45. The van der Waals surface area contributed by atoms with Crippen molar-refractivity contribution in [3.8, 4) is 11.1 Å². The van der Waals surface area contributed by atoms with E-state index in [9.17, 15) is 0 Å². The summed E-state index contributed by atoms with van der Waals surface area (Å²) >= 11 is 0. The summed E-state index contributed by atoms with van der Waals surface area (Å²) in [6.07, 6.45) is 0. The number of nitrogens with zero attached hydrogens (tertiary/aromatic N) is 4. The molecule has 0 aliphatic carbocycles. The largest absolute Gasteiger partial charge is 2.00 e. The van der Waals surface area contributed by atoms with Gasteiger partial charge in [-0.3, -0.25) is 0 Å². The first kappa shape index (κ1) is 47.6. The summed E-state index contributed by atoms with van der Waals surface area (Å²) in [5.41, 5.74) is 7.44. The maximum absolute atomic E-state index is 2.44. The van der Waals surface area contributed by atoms with Gasteiger partial charge in [0.1, 0.15) is 0 Å². The van der Waals surface area contributed by atoms with Crippen molar-refractivity contribution in [1.29, 1.82) is 0 Å². The van der Waals surface area contributed by atoms with E-state index < -0.39 is 15.8 Å². The van der Waals surface area contributed by atoms with Crippen LogP contribution in [-0.4, -0.2) is 56.4 Å². The van der Waals surface area contributed by atoms with Crippen molar-refractivity contribution in [2.24, 2.45) is 0 Å². The molecule has 0 aliphatic heterocycles. The monoisotopic (exact) mass is 970 g/mol. The van der Waals surface area contributed by atoms with Crippen LogP contribution < -0.4 is 76.2 Å².